The van der Waals surface area contributed by atoms with Crippen molar-refractivity contribution in [1.29, 1.82) is 0 Å². The molecule has 1 aromatic carbocycles. The lowest BCUT2D eigenvalue weighted by Gasteiger charge is -2.24. The quantitative estimate of drug-likeness (QED) is 0.836. The summed E-state index contributed by atoms with van der Waals surface area (Å²) in [5.74, 6) is -0.300. The number of rotatable bonds is 5. The Labute approximate surface area is 112 Å². The number of nitrogens with two attached hydrogens (primary N) is 1. The first-order chi connectivity index (χ1) is 9.16. The molecule has 19 heavy (non-hydrogen) atoms. The molecule has 5 heteroatoms. The molecular formula is C14H19NO4. The van der Waals surface area contributed by atoms with Crippen molar-refractivity contribution in [2.24, 2.45) is 5.73 Å². The van der Waals surface area contributed by atoms with Gasteiger partial charge in [-0.1, -0.05) is 18.2 Å². The van der Waals surface area contributed by atoms with Gasteiger partial charge in [0.1, 0.15) is 17.9 Å². The third-order valence-electron chi connectivity index (χ3n) is 3.14. The summed E-state index contributed by atoms with van der Waals surface area (Å²) < 4.78 is 11.3. The van der Waals surface area contributed by atoms with E-state index in [0.717, 1.165) is 25.0 Å². The molecule has 2 rings (SSSR count). The summed E-state index contributed by atoms with van der Waals surface area (Å²) in [6, 6.07) is 6.51. The molecule has 0 radical (unpaired) electrons. The Morgan fingerprint density at radius 2 is 2.32 bits per heavy atom. The van der Waals surface area contributed by atoms with Gasteiger partial charge < -0.3 is 20.3 Å². The van der Waals surface area contributed by atoms with Crippen LogP contribution in [-0.2, 0) is 16.0 Å². The zero-order chi connectivity index (χ0) is 13.7. The summed E-state index contributed by atoms with van der Waals surface area (Å²) in [6.07, 6.45) is 2.25. The second-order valence-electron chi connectivity index (χ2n) is 4.71. The van der Waals surface area contributed by atoms with Crippen molar-refractivity contribution in [3.05, 3.63) is 29.8 Å². The maximum Gasteiger partial charge on any atom is 0.320 e. The van der Waals surface area contributed by atoms with Crippen molar-refractivity contribution in [3.8, 4) is 5.75 Å². The monoisotopic (exact) mass is 265 g/mol. The molecule has 1 aliphatic heterocycles. The van der Waals surface area contributed by atoms with E-state index in [-0.39, 0.29) is 12.5 Å². The molecule has 1 saturated heterocycles. The Kier molecular flexibility index (Phi) is 4.76. The van der Waals surface area contributed by atoms with Crippen molar-refractivity contribution in [2.75, 3.05) is 13.2 Å². The van der Waals surface area contributed by atoms with Crippen molar-refractivity contribution in [1.82, 2.24) is 0 Å². The summed E-state index contributed by atoms with van der Waals surface area (Å²) in [6.45, 7) is 1.37. The lowest BCUT2D eigenvalue weighted by atomic mass is 10.1. The molecule has 0 aromatic heterocycles. The van der Waals surface area contributed by atoms with Crippen molar-refractivity contribution >= 4 is 5.97 Å². The number of benzene rings is 1. The minimum absolute atomic E-state index is 0.0379. The second-order valence-corrected chi connectivity index (χ2v) is 4.71. The van der Waals surface area contributed by atoms with Gasteiger partial charge in [-0.2, -0.15) is 0 Å². The molecular weight excluding hydrogens is 246 g/mol. The number of ether oxygens (including phenoxy) is 2. The SMILES string of the molecule is NC(Cc1ccccc1OC1CCCOC1)C(=O)O. The molecule has 5 nitrogen and oxygen atoms in total. The molecule has 1 aliphatic rings. The summed E-state index contributed by atoms with van der Waals surface area (Å²) >= 11 is 0. The summed E-state index contributed by atoms with van der Waals surface area (Å²) in [4.78, 5) is 10.8. The van der Waals surface area contributed by atoms with Gasteiger partial charge in [-0.15, -0.1) is 0 Å². The maximum atomic E-state index is 10.8. The van der Waals surface area contributed by atoms with Crippen LogP contribution >= 0.6 is 0 Å². The molecule has 0 bridgehead atoms. The minimum atomic E-state index is -1.00. The normalized spacial score (nSPS) is 20.8. The van der Waals surface area contributed by atoms with Crippen LogP contribution in [0.1, 0.15) is 18.4 Å². The van der Waals surface area contributed by atoms with Crippen LogP contribution < -0.4 is 10.5 Å². The van der Waals surface area contributed by atoms with Crippen LogP contribution in [0.25, 0.3) is 0 Å². The molecule has 104 valence electrons. The van der Waals surface area contributed by atoms with Crippen molar-refractivity contribution in [3.63, 3.8) is 0 Å². The van der Waals surface area contributed by atoms with E-state index >= 15 is 0 Å². The number of carboxylic acids is 1. The first-order valence-electron chi connectivity index (χ1n) is 6.47. The highest BCUT2D eigenvalue weighted by Crippen LogP contribution is 2.23. The Morgan fingerprint density at radius 1 is 1.53 bits per heavy atom. The number of carbonyl (C=O) groups is 1. The van der Waals surface area contributed by atoms with Gasteiger partial charge in [0, 0.05) is 13.0 Å². The van der Waals surface area contributed by atoms with Crippen LogP contribution in [0.5, 0.6) is 5.75 Å². The molecule has 1 fully saturated rings. The van der Waals surface area contributed by atoms with Crippen LogP contribution in [-0.4, -0.2) is 36.4 Å². The van der Waals surface area contributed by atoms with Crippen LogP contribution in [0, 0.1) is 0 Å². The first-order valence-corrected chi connectivity index (χ1v) is 6.47. The molecule has 0 spiro atoms. The zero-order valence-electron chi connectivity index (χ0n) is 10.7. The van der Waals surface area contributed by atoms with Gasteiger partial charge in [0.05, 0.1) is 6.61 Å². The van der Waals surface area contributed by atoms with E-state index in [1.807, 2.05) is 24.3 Å². The Morgan fingerprint density at radius 3 is 3.00 bits per heavy atom. The van der Waals surface area contributed by atoms with Gasteiger partial charge in [-0.25, -0.2) is 0 Å². The molecule has 1 aromatic rings. The molecule has 3 N–H and O–H groups in total. The van der Waals surface area contributed by atoms with Crippen LogP contribution in [0.15, 0.2) is 24.3 Å². The van der Waals surface area contributed by atoms with Crippen molar-refractivity contribution < 1.29 is 19.4 Å². The van der Waals surface area contributed by atoms with Crippen LogP contribution in [0.4, 0.5) is 0 Å². The van der Waals surface area contributed by atoms with Gasteiger partial charge in [0.15, 0.2) is 0 Å². The van der Waals surface area contributed by atoms with E-state index in [1.54, 1.807) is 0 Å². The highest BCUT2D eigenvalue weighted by molar-refractivity contribution is 5.73. The van der Waals surface area contributed by atoms with Gasteiger partial charge in [0.25, 0.3) is 0 Å². The largest absolute Gasteiger partial charge is 0.488 e. The van der Waals surface area contributed by atoms with E-state index in [9.17, 15) is 4.79 Å². The predicted molar refractivity (Wildman–Crippen MR) is 70.2 cm³/mol. The lowest BCUT2D eigenvalue weighted by Crippen LogP contribution is -2.33. The van der Waals surface area contributed by atoms with Crippen LogP contribution in [0.3, 0.4) is 0 Å². The van der Waals surface area contributed by atoms with E-state index in [0.29, 0.717) is 12.4 Å². The average Bonchev–Trinajstić information content (AvgIpc) is 2.42. The number of para-hydroxylation sites is 1. The Hall–Kier alpha value is -1.59. The second kappa shape index (κ2) is 6.54. The van der Waals surface area contributed by atoms with Gasteiger partial charge in [0.2, 0.25) is 0 Å². The Bertz CT molecular complexity index is 429. The number of hydrogen-bond acceptors (Lipinski definition) is 4. The summed E-state index contributed by atoms with van der Waals surface area (Å²) in [5, 5.41) is 8.87. The predicted octanol–water partition coefficient (Wildman–Crippen LogP) is 1.20. The van der Waals surface area contributed by atoms with Gasteiger partial charge >= 0.3 is 5.97 Å². The summed E-state index contributed by atoms with van der Waals surface area (Å²) in [5.41, 5.74) is 6.39. The Balaban J connectivity index is 2.04. The van der Waals surface area contributed by atoms with E-state index in [1.165, 1.54) is 0 Å². The fraction of sp³-hybridized carbons (Fsp3) is 0.500. The lowest BCUT2D eigenvalue weighted by molar-refractivity contribution is -0.138. The molecule has 2 atom stereocenters. The van der Waals surface area contributed by atoms with Crippen molar-refractivity contribution in [2.45, 2.75) is 31.4 Å². The summed E-state index contributed by atoms with van der Waals surface area (Å²) in [7, 11) is 0. The highest BCUT2D eigenvalue weighted by Gasteiger charge is 2.19. The fourth-order valence-electron chi connectivity index (χ4n) is 2.10. The molecule has 0 saturated carbocycles. The van der Waals surface area contributed by atoms with Gasteiger partial charge in [-0.3, -0.25) is 4.79 Å². The highest BCUT2D eigenvalue weighted by atomic mass is 16.5. The molecule has 0 amide bonds. The topological polar surface area (TPSA) is 81.8 Å². The third-order valence-corrected chi connectivity index (χ3v) is 3.14. The number of aliphatic carboxylic acids is 1. The first kappa shape index (κ1) is 13.8. The third kappa shape index (κ3) is 3.94. The molecule has 0 aliphatic carbocycles. The number of carboxylic acid groups (broad SMARTS) is 1. The fourth-order valence-corrected chi connectivity index (χ4v) is 2.10. The van der Waals surface area contributed by atoms with Gasteiger partial charge in [-0.05, 0) is 24.5 Å². The maximum absolute atomic E-state index is 10.8. The van der Waals surface area contributed by atoms with Crippen LogP contribution in [0.2, 0.25) is 0 Å². The average molecular weight is 265 g/mol. The standard InChI is InChI=1S/C14H19NO4/c15-12(14(16)17)8-10-4-1-2-6-13(10)19-11-5-3-7-18-9-11/h1-2,4,6,11-12H,3,5,7-9,15H2,(H,16,17). The minimum Gasteiger partial charge on any atom is -0.488 e. The van der Waals surface area contributed by atoms with E-state index in [4.69, 9.17) is 20.3 Å². The zero-order valence-corrected chi connectivity index (χ0v) is 10.7. The van der Waals surface area contributed by atoms with E-state index in [2.05, 4.69) is 0 Å². The number of hydrogen-bond donors (Lipinski definition) is 2. The molecule has 1 heterocycles. The molecule has 2 unspecified atom stereocenters. The van der Waals surface area contributed by atoms with E-state index < -0.39 is 12.0 Å². The smallest absolute Gasteiger partial charge is 0.320 e.